The van der Waals surface area contributed by atoms with Crippen LogP contribution in [-0.2, 0) is 11.3 Å². The predicted molar refractivity (Wildman–Crippen MR) is 61.3 cm³/mol. The van der Waals surface area contributed by atoms with Crippen LogP contribution in [0.15, 0.2) is 24.3 Å². The van der Waals surface area contributed by atoms with Crippen molar-refractivity contribution in [2.45, 2.75) is 25.6 Å². The molecule has 3 nitrogen and oxygen atoms in total. The minimum absolute atomic E-state index is 0.247. The number of halogens is 3. The highest BCUT2D eigenvalue weighted by atomic mass is 19.4. The normalized spacial score (nSPS) is 13.4. The maximum absolute atomic E-state index is 11.9. The average Bonchev–Trinajstić information content (AvgIpc) is 2.28. The number of methoxy groups -OCH3 is 1. The molecule has 6 heteroatoms. The lowest BCUT2D eigenvalue weighted by Crippen LogP contribution is -2.32. The van der Waals surface area contributed by atoms with E-state index in [1.54, 1.807) is 20.1 Å². The first-order chi connectivity index (χ1) is 8.42. The van der Waals surface area contributed by atoms with Gasteiger partial charge in [-0.3, -0.25) is 4.84 Å². The monoisotopic (exact) mass is 263 g/mol. The second-order valence-corrected chi connectivity index (χ2v) is 3.94. The van der Waals surface area contributed by atoms with E-state index in [4.69, 9.17) is 4.74 Å². The van der Waals surface area contributed by atoms with Gasteiger partial charge in [-0.15, -0.1) is 0 Å². The van der Waals surface area contributed by atoms with Crippen LogP contribution < -0.4 is 10.2 Å². The molecule has 0 fully saturated rings. The van der Waals surface area contributed by atoms with Gasteiger partial charge in [0.2, 0.25) is 0 Å². The molecule has 1 unspecified atom stereocenters. The van der Waals surface area contributed by atoms with Gasteiger partial charge < -0.3 is 4.74 Å². The molecule has 0 aliphatic carbocycles. The fourth-order valence-electron chi connectivity index (χ4n) is 1.51. The second-order valence-electron chi connectivity index (χ2n) is 3.94. The van der Waals surface area contributed by atoms with Gasteiger partial charge in [0, 0.05) is 6.04 Å². The van der Waals surface area contributed by atoms with Crippen LogP contribution in [0.5, 0.6) is 5.75 Å². The standard InChI is InChI=1S/C12H16F3NO2/c1-9(16-18-8-12(13,14)15)7-10-5-3-4-6-11(10)17-2/h3-6,9,16H,7-8H2,1-2H3. The lowest BCUT2D eigenvalue weighted by atomic mass is 10.1. The summed E-state index contributed by atoms with van der Waals surface area (Å²) in [5.74, 6) is 0.710. The van der Waals surface area contributed by atoms with Crippen LogP contribution in [0.3, 0.4) is 0 Å². The van der Waals surface area contributed by atoms with E-state index < -0.39 is 12.8 Å². The van der Waals surface area contributed by atoms with E-state index in [1.165, 1.54) is 0 Å². The molecule has 0 aliphatic rings. The van der Waals surface area contributed by atoms with E-state index in [-0.39, 0.29) is 6.04 Å². The lowest BCUT2D eigenvalue weighted by Gasteiger charge is -2.16. The zero-order valence-corrected chi connectivity index (χ0v) is 10.3. The predicted octanol–water partition coefficient (Wildman–Crippen LogP) is 2.71. The summed E-state index contributed by atoms with van der Waals surface area (Å²) in [7, 11) is 1.55. The molecule has 102 valence electrons. The molecule has 0 aromatic heterocycles. The first-order valence-corrected chi connectivity index (χ1v) is 5.48. The van der Waals surface area contributed by atoms with Gasteiger partial charge in [0.05, 0.1) is 7.11 Å². The minimum Gasteiger partial charge on any atom is -0.496 e. The Morgan fingerprint density at radius 3 is 2.56 bits per heavy atom. The van der Waals surface area contributed by atoms with Crippen molar-refractivity contribution in [3.8, 4) is 5.75 Å². The SMILES string of the molecule is COc1ccccc1CC(C)NOCC(F)(F)F. The molecule has 1 rings (SSSR count). The zero-order chi connectivity index (χ0) is 13.6. The van der Waals surface area contributed by atoms with Crippen LogP contribution in [0.2, 0.25) is 0 Å². The molecule has 0 radical (unpaired) electrons. The number of hydroxylamine groups is 1. The highest BCUT2D eigenvalue weighted by Crippen LogP contribution is 2.19. The van der Waals surface area contributed by atoms with Crippen molar-refractivity contribution in [3.63, 3.8) is 0 Å². The van der Waals surface area contributed by atoms with Gasteiger partial charge in [-0.2, -0.15) is 18.7 Å². The number of para-hydroxylation sites is 1. The molecule has 0 amide bonds. The summed E-state index contributed by atoms with van der Waals surface area (Å²) >= 11 is 0. The third kappa shape index (κ3) is 5.37. The summed E-state index contributed by atoms with van der Waals surface area (Å²) in [5, 5.41) is 0. The quantitative estimate of drug-likeness (QED) is 0.800. The van der Waals surface area contributed by atoms with Crippen LogP contribution in [0, 0.1) is 0 Å². The second kappa shape index (κ2) is 6.61. The Balaban J connectivity index is 2.42. The molecule has 0 saturated carbocycles. The van der Waals surface area contributed by atoms with Crippen molar-refractivity contribution in [1.82, 2.24) is 5.48 Å². The van der Waals surface area contributed by atoms with E-state index in [2.05, 4.69) is 10.3 Å². The summed E-state index contributed by atoms with van der Waals surface area (Å²) in [6.45, 7) is 0.437. The Bertz CT molecular complexity index is 369. The Hall–Kier alpha value is -1.27. The lowest BCUT2D eigenvalue weighted by molar-refractivity contribution is -0.192. The average molecular weight is 263 g/mol. The Labute approximate surface area is 104 Å². The largest absolute Gasteiger partial charge is 0.496 e. The van der Waals surface area contributed by atoms with Crippen molar-refractivity contribution in [2.75, 3.05) is 13.7 Å². The summed E-state index contributed by atoms with van der Waals surface area (Å²) in [6.07, 6.45) is -3.81. The number of nitrogens with one attached hydrogen (secondary N) is 1. The van der Waals surface area contributed by atoms with Crippen LogP contribution in [0.4, 0.5) is 13.2 Å². The van der Waals surface area contributed by atoms with Crippen LogP contribution in [0.25, 0.3) is 0 Å². The van der Waals surface area contributed by atoms with Gasteiger partial charge >= 0.3 is 6.18 Å². The smallest absolute Gasteiger partial charge is 0.413 e. The molecule has 0 aliphatic heterocycles. The van der Waals surface area contributed by atoms with E-state index in [0.29, 0.717) is 12.2 Å². The molecular formula is C12H16F3NO2. The summed E-state index contributed by atoms with van der Waals surface area (Å²) in [5.41, 5.74) is 3.28. The third-order valence-corrected chi connectivity index (χ3v) is 2.24. The maximum atomic E-state index is 11.9. The summed E-state index contributed by atoms with van der Waals surface area (Å²) < 4.78 is 40.8. The fourth-order valence-corrected chi connectivity index (χ4v) is 1.51. The van der Waals surface area contributed by atoms with Crippen molar-refractivity contribution in [2.24, 2.45) is 0 Å². The topological polar surface area (TPSA) is 30.5 Å². The first kappa shape index (κ1) is 14.8. The Kier molecular flexibility index (Phi) is 5.43. The first-order valence-electron chi connectivity index (χ1n) is 5.48. The van der Waals surface area contributed by atoms with E-state index in [0.717, 1.165) is 5.56 Å². The van der Waals surface area contributed by atoms with Crippen molar-refractivity contribution >= 4 is 0 Å². The number of alkyl halides is 3. The highest BCUT2D eigenvalue weighted by molar-refractivity contribution is 5.33. The fraction of sp³-hybridized carbons (Fsp3) is 0.500. The van der Waals surface area contributed by atoms with Gasteiger partial charge in [0.25, 0.3) is 0 Å². The number of benzene rings is 1. The van der Waals surface area contributed by atoms with Crippen LogP contribution in [0.1, 0.15) is 12.5 Å². The van der Waals surface area contributed by atoms with E-state index in [1.807, 2.05) is 18.2 Å². The number of hydrogen-bond acceptors (Lipinski definition) is 3. The number of ether oxygens (including phenoxy) is 1. The number of rotatable bonds is 6. The Morgan fingerprint density at radius 2 is 1.94 bits per heavy atom. The molecule has 18 heavy (non-hydrogen) atoms. The van der Waals surface area contributed by atoms with Gasteiger partial charge in [0.15, 0.2) is 6.61 Å². The van der Waals surface area contributed by atoms with Crippen molar-refractivity contribution < 1.29 is 22.7 Å². The zero-order valence-electron chi connectivity index (χ0n) is 10.3. The molecule has 1 N–H and O–H groups in total. The van der Waals surface area contributed by atoms with Gasteiger partial charge in [0.1, 0.15) is 5.75 Å². The van der Waals surface area contributed by atoms with Crippen molar-refractivity contribution in [3.05, 3.63) is 29.8 Å². The number of hydrogen-bond donors (Lipinski definition) is 1. The molecule has 0 spiro atoms. The van der Waals surface area contributed by atoms with Gasteiger partial charge in [-0.1, -0.05) is 18.2 Å². The molecule has 1 atom stereocenters. The Morgan fingerprint density at radius 1 is 1.28 bits per heavy atom. The van der Waals surface area contributed by atoms with E-state index >= 15 is 0 Å². The van der Waals surface area contributed by atoms with Gasteiger partial charge in [-0.05, 0) is 25.0 Å². The van der Waals surface area contributed by atoms with Crippen LogP contribution in [-0.4, -0.2) is 25.9 Å². The summed E-state index contributed by atoms with van der Waals surface area (Å²) in [6, 6.07) is 7.10. The summed E-state index contributed by atoms with van der Waals surface area (Å²) in [4.78, 5) is 4.39. The van der Waals surface area contributed by atoms with Gasteiger partial charge in [-0.25, -0.2) is 0 Å². The van der Waals surface area contributed by atoms with Crippen LogP contribution >= 0.6 is 0 Å². The molecule has 0 bridgehead atoms. The molecule has 1 aromatic carbocycles. The highest BCUT2D eigenvalue weighted by Gasteiger charge is 2.28. The molecule has 1 aromatic rings. The molecule has 0 saturated heterocycles. The van der Waals surface area contributed by atoms with E-state index in [9.17, 15) is 13.2 Å². The molecular weight excluding hydrogens is 247 g/mol. The van der Waals surface area contributed by atoms with Crippen molar-refractivity contribution in [1.29, 1.82) is 0 Å². The molecule has 0 heterocycles. The minimum atomic E-state index is -4.32. The third-order valence-electron chi connectivity index (χ3n) is 2.24. The maximum Gasteiger partial charge on any atom is 0.413 e.